The van der Waals surface area contributed by atoms with Crippen LogP contribution in [-0.2, 0) is 11.0 Å². The van der Waals surface area contributed by atoms with Gasteiger partial charge in [-0.25, -0.2) is 4.39 Å². The van der Waals surface area contributed by atoms with Gasteiger partial charge in [-0.3, -0.25) is 4.79 Å². The Kier molecular flexibility index (Phi) is 4.88. The summed E-state index contributed by atoms with van der Waals surface area (Å²) in [5.74, 6) is -2.35. The van der Waals surface area contributed by atoms with Crippen LogP contribution >= 0.6 is 0 Å². The molecule has 3 nitrogen and oxygen atoms in total. The van der Waals surface area contributed by atoms with Gasteiger partial charge < -0.3 is 11.1 Å². The van der Waals surface area contributed by atoms with Gasteiger partial charge >= 0.3 is 6.18 Å². The molecule has 0 saturated heterocycles. The molecule has 3 N–H and O–H groups in total. The van der Waals surface area contributed by atoms with Gasteiger partial charge in [0.15, 0.2) is 0 Å². The lowest BCUT2D eigenvalue weighted by molar-refractivity contribution is -0.140. The molecule has 0 aliphatic heterocycles. The lowest BCUT2D eigenvalue weighted by Gasteiger charge is -2.14. The van der Waals surface area contributed by atoms with Crippen LogP contribution in [0.1, 0.15) is 18.9 Å². The minimum atomic E-state index is -4.80. The first-order valence-electron chi connectivity index (χ1n) is 5.67. The predicted molar refractivity (Wildman–Crippen MR) is 62.9 cm³/mol. The van der Waals surface area contributed by atoms with Crippen LogP contribution in [0, 0.1) is 11.7 Å². The molecular weight excluding hydrogens is 264 g/mol. The van der Waals surface area contributed by atoms with Crippen LogP contribution in [-0.4, -0.2) is 12.5 Å². The zero-order valence-corrected chi connectivity index (χ0v) is 10.2. The van der Waals surface area contributed by atoms with Gasteiger partial charge in [-0.1, -0.05) is 6.92 Å². The fourth-order valence-electron chi connectivity index (χ4n) is 1.52. The Hall–Kier alpha value is -1.63. The molecule has 1 amide bonds. The highest BCUT2D eigenvalue weighted by molar-refractivity contribution is 5.92. The molecule has 1 rings (SSSR count). The van der Waals surface area contributed by atoms with Crippen molar-refractivity contribution in [2.24, 2.45) is 11.7 Å². The van der Waals surface area contributed by atoms with Crippen LogP contribution in [0.3, 0.4) is 0 Å². The molecule has 0 aromatic heterocycles. The summed E-state index contributed by atoms with van der Waals surface area (Å²) in [6.07, 6.45) is -4.33. The van der Waals surface area contributed by atoms with Crippen LogP contribution < -0.4 is 11.1 Å². The number of hydrogen-bond donors (Lipinski definition) is 2. The zero-order chi connectivity index (χ0) is 14.6. The number of rotatable bonds is 4. The van der Waals surface area contributed by atoms with E-state index in [0.29, 0.717) is 18.6 Å². The second kappa shape index (κ2) is 6.01. The summed E-state index contributed by atoms with van der Waals surface area (Å²) in [7, 11) is 0. The Bertz CT molecular complexity index is 456. The van der Waals surface area contributed by atoms with Crippen molar-refractivity contribution in [1.82, 2.24) is 0 Å². The molecule has 0 bridgehead atoms. The lowest BCUT2D eigenvalue weighted by Crippen LogP contribution is -2.28. The van der Waals surface area contributed by atoms with Crippen molar-refractivity contribution in [2.45, 2.75) is 19.5 Å². The van der Waals surface area contributed by atoms with E-state index in [1.54, 1.807) is 6.92 Å². The number of nitrogens with two attached hydrogens (primary N) is 1. The molecule has 0 saturated carbocycles. The molecule has 0 aliphatic carbocycles. The van der Waals surface area contributed by atoms with Crippen molar-refractivity contribution in [3.8, 4) is 0 Å². The Balaban J connectivity index is 2.95. The van der Waals surface area contributed by atoms with E-state index in [9.17, 15) is 22.4 Å². The van der Waals surface area contributed by atoms with Crippen LogP contribution in [0.4, 0.5) is 23.2 Å². The number of hydrogen-bond acceptors (Lipinski definition) is 2. The Morgan fingerprint density at radius 2 is 2.05 bits per heavy atom. The smallest absolute Gasteiger partial charge is 0.330 e. The second-order valence-electron chi connectivity index (χ2n) is 4.02. The molecule has 0 heterocycles. The zero-order valence-electron chi connectivity index (χ0n) is 10.2. The van der Waals surface area contributed by atoms with E-state index in [1.807, 2.05) is 0 Å². The maximum absolute atomic E-state index is 13.0. The minimum Gasteiger partial charge on any atom is -0.330 e. The molecule has 19 heavy (non-hydrogen) atoms. The van der Waals surface area contributed by atoms with Gasteiger partial charge in [-0.15, -0.1) is 0 Å². The van der Waals surface area contributed by atoms with Crippen molar-refractivity contribution < 1.29 is 22.4 Å². The number of amides is 1. The van der Waals surface area contributed by atoms with E-state index in [4.69, 9.17) is 5.73 Å². The quantitative estimate of drug-likeness (QED) is 0.832. The Morgan fingerprint density at radius 1 is 1.42 bits per heavy atom. The highest BCUT2D eigenvalue weighted by Gasteiger charge is 2.34. The van der Waals surface area contributed by atoms with Crippen molar-refractivity contribution in [3.05, 3.63) is 29.6 Å². The summed E-state index contributed by atoms with van der Waals surface area (Å²) in [6.45, 7) is 1.83. The maximum atomic E-state index is 13.0. The first-order valence-corrected chi connectivity index (χ1v) is 5.67. The minimum absolute atomic E-state index is 0.0929. The lowest BCUT2D eigenvalue weighted by atomic mass is 10.1. The van der Waals surface area contributed by atoms with E-state index in [0.717, 1.165) is 6.07 Å². The van der Waals surface area contributed by atoms with Crippen LogP contribution in [0.15, 0.2) is 18.2 Å². The SMILES string of the molecule is CCC(CN)C(=O)Nc1ccc(F)c(C(F)(F)F)c1. The average Bonchev–Trinajstić information content (AvgIpc) is 2.31. The third-order valence-corrected chi connectivity index (χ3v) is 2.69. The summed E-state index contributed by atoms with van der Waals surface area (Å²) in [6, 6.07) is 2.31. The fraction of sp³-hybridized carbons (Fsp3) is 0.417. The Morgan fingerprint density at radius 3 is 2.53 bits per heavy atom. The number of halogens is 4. The number of carbonyl (C=O) groups excluding carboxylic acids is 1. The molecular formula is C12H14F4N2O. The van der Waals surface area contributed by atoms with Gasteiger partial charge in [-0.2, -0.15) is 13.2 Å². The van der Waals surface area contributed by atoms with Gasteiger partial charge in [0.1, 0.15) is 5.82 Å². The summed E-state index contributed by atoms with van der Waals surface area (Å²) in [5.41, 5.74) is 3.84. The highest BCUT2D eigenvalue weighted by atomic mass is 19.4. The topological polar surface area (TPSA) is 55.1 Å². The molecule has 106 valence electrons. The number of carbonyl (C=O) groups is 1. The van der Waals surface area contributed by atoms with Crippen molar-refractivity contribution >= 4 is 11.6 Å². The van der Waals surface area contributed by atoms with Gasteiger partial charge in [0.25, 0.3) is 0 Å². The second-order valence-corrected chi connectivity index (χ2v) is 4.02. The summed E-state index contributed by atoms with van der Waals surface area (Å²) < 4.78 is 50.5. The fourth-order valence-corrected chi connectivity index (χ4v) is 1.52. The van der Waals surface area contributed by atoms with Gasteiger partial charge in [0.05, 0.1) is 11.5 Å². The monoisotopic (exact) mass is 278 g/mol. The molecule has 1 aromatic rings. The van der Waals surface area contributed by atoms with Gasteiger partial charge in [0, 0.05) is 12.2 Å². The standard InChI is InChI=1S/C12H14F4N2O/c1-2-7(6-17)11(19)18-8-3-4-10(13)9(5-8)12(14,15)16/h3-5,7H,2,6,17H2,1H3,(H,18,19). The Labute approximate surface area is 107 Å². The van der Waals surface area contributed by atoms with Crippen LogP contribution in [0.5, 0.6) is 0 Å². The summed E-state index contributed by atoms with van der Waals surface area (Å²) >= 11 is 0. The van der Waals surface area contributed by atoms with Crippen molar-refractivity contribution in [1.29, 1.82) is 0 Å². The number of benzene rings is 1. The normalized spacial score (nSPS) is 13.2. The average molecular weight is 278 g/mol. The van der Waals surface area contributed by atoms with Crippen molar-refractivity contribution in [3.63, 3.8) is 0 Å². The largest absolute Gasteiger partial charge is 0.419 e. The summed E-state index contributed by atoms with van der Waals surface area (Å²) in [4.78, 5) is 11.7. The van der Waals surface area contributed by atoms with Crippen LogP contribution in [0.2, 0.25) is 0 Å². The molecule has 7 heteroatoms. The van der Waals surface area contributed by atoms with E-state index in [-0.39, 0.29) is 12.2 Å². The number of nitrogens with one attached hydrogen (secondary N) is 1. The van der Waals surface area contributed by atoms with Crippen molar-refractivity contribution in [2.75, 3.05) is 11.9 Å². The third-order valence-electron chi connectivity index (χ3n) is 2.69. The number of alkyl halides is 3. The van der Waals surface area contributed by atoms with E-state index in [2.05, 4.69) is 5.32 Å². The third kappa shape index (κ3) is 3.92. The predicted octanol–water partition coefficient (Wildman–Crippen LogP) is 2.77. The number of anilines is 1. The molecule has 1 unspecified atom stereocenters. The molecule has 1 aromatic carbocycles. The van der Waals surface area contributed by atoms with E-state index < -0.39 is 29.4 Å². The first-order chi connectivity index (χ1) is 8.79. The van der Waals surface area contributed by atoms with Gasteiger partial charge in [-0.05, 0) is 24.6 Å². The molecule has 0 aliphatic rings. The molecule has 1 atom stereocenters. The maximum Gasteiger partial charge on any atom is 0.419 e. The summed E-state index contributed by atoms with van der Waals surface area (Å²) in [5, 5.41) is 2.30. The highest BCUT2D eigenvalue weighted by Crippen LogP contribution is 2.33. The first kappa shape index (κ1) is 15.4. The van der Waals surface area contributed by atoms with E-state index >= 15 is 0 Å². The van der Waals surface area contributed by atoms with E-state index in [1.165, 1.54) is 0 Å². The molecule has 0 radical (unpaired) electrons. The molecule has 0 spiro atoms. The van der Waals surface area contributed by atoms with Crippen LogP contribution in [0.25, 0.3) is 0 Å². The molecule has 0 fully saturated rings. The van der Waals surface area contributed by atoms with Gasteiger partial charge in [0.2, 0.25) is 5.91 Å².